The zero-order chi connectivity index (χ0) is 19.4. The van der Waals surface area contributed by atoms with Gasteiger partial charge >= 0.3 is 0 Å². The van der Waals surface area contributed by atoms with E-state index >= 15 is 0 Å². The maximum atomic E-state index is 8.63. The van der Waals surface area contributed by atoms with Crippen LogP contribution in [0.2, 0.25) is 5.02 Å². The molecule has 1 aromatic carbocycles. The van der Waals surface area contributed by atoms with Crippen molar-refractivity contribution < 1.29 is 5.11 Å². The predicted octanol–water partition coefficient (Wildman–Crippen LogP) is 3.58. The van der Waals surface area contributed by atoms with Crippen molar-refractivity contribution in [3.8, 4) is 0 Å². The number of hydrogen-bond acceptors (Lipinski definition) is 4. The highest BCUT2D eigenvalue weighted by Gasteiger charge is 2.25. The van der Waals surface area contributed by atoms with Crippen molar-refractivity contribution in [3.63, 3.8) is 0 Å². The third-order valence-corrected chi connectivity index (χ3v) is 5.56. The lowest BCUT2D eigenvalue weighted by Crippen LogP contribution is -2.52. The summed E-state index contributed by atoms with van der Waals surface area (Å²) in [5.41, 5.74) is 0.777. The lowest BCUT2D eigenvalue weighted by atomic mass is 10.0. The molecule has 2 saturated heterocycles. The van der Waals surface area contributed by atoms with Gasteiger partial charge < -0.3 is 14.9 Å². The van der Waals surface area contributed by atoms with Gasteiger partial charge in [0.1, 0.15) is 0 Å². The number of rotatable bonds is 3. The second kappa shape index (κ2) is 13.5. The fourth-order valence-electron chi connectivity index (χ4n) is 3.43. The first-order valence-corrected chi connectivity index (χ1v) is 10.5. The highest BCUT2D eigenvalue weighted by molar-refractivity contribution is 6.31. The van der Waals surface area contributed by atoms with E-state index in [9.17, 15) is 0 Å². The highest BCUT2D eigenvalue weighted by atomic mass is 35.5. The summed E-state index contributed by atoms with van der Waals surface area (Å²) in [4.78, 5) is 7.74. The Kier molecular flexibility index (Phi) is 12.2. The van der Waals surface area contributed by atoms with Crippen LogP contribution in [0.3, 0.4) is 0 Å². The molecule has 4 nitrogen and oxygen atoms in total. The van der Waals surface area contributed by atoms with Crippen molar-refractivity contribution in [3.05, 3.63) is 34.9 Å². The first-order chi connectivity index (χ1) is 12.6. The summed E-state index contributed by atoms with van der Waals surface area (Å²) in [5.74, 6) is 0. The average molecular weight is 384 g/mol. The number of nitrogens with zero attached hydrogens (tertiary/aromatic N) is 3. The lowest BCUT2D eigenvalue weighted by molar-refractivity contribution is 0.0668. The molecule has 2 aliphatic heterocycles. The Morgan fingerprint density at radius 2 is 1.58 bits per heavy atom. The number of piperidine rings is 1. The molecule has 3 rings (SSSR count). The van der Waals surface area contributed by atoms with Crippen LogP contribution in [-0.4, -0.2) is 78.7 Å². The zero-order valence-corrected chi connectivity index (χ0v) is 17.9. The fourth-order valence-corrected chi connectivity index (χ4v) is 3.63. The largest absolute Gasteiger partial charge is 0.392 e. The molecule has 26 heavy (non-hydrogen) atoms. The predicted molar refractivity (Wildman–Crippen MR) is 113 cm³/mol. The molecule has 1 aromatic rings. The highest BCUT2D eigenvalue weighted by Crippen LogP contribution is 2.17. The SMILES string of the molecule is CC.CCN1CCN(C2CCN(C)CC2)CC1.OCc1ccccc1Cl. The van der Waals surface area contributed by atoms with Gasteiger partial charge in [0.25, 0.3) is 0 Å². The molecule has 0 spiro atoms. The molecule has 0 amide bonds. The third kappa shape index (κ3) is 7.93. The van der Waals surface area contributed by atoms with E-state index in [1.54, 1.807) is 12.1 Å². The normalized spacial score (nSPS) is 19.9. The minimum atomic E-state index is 0.0136. The van der Waals surface area contributed by atoms with Gasteiger partial charge in [0.15, 0.2) is 0 Å². The van der Waals surface area contributed by atoms with Gasteiger partial charge in [0.05, 0.1) is 6.61 Å². The van der Waals surface area contributed by atoms with Gasteiger partial charge in [-0.3, -0.25) is 4.90 Å². The van der Waals surface area contributed by atoms with Gasteiger partial charge in [-0.15, -0.1) is 0 Å². The van der Waals surface area contributed by atoms with Crippen molar-refractivity contribution in [2.24, 2.45) is 0 Å². The Morgan fingerprint density at radius 1 is 1.00 bits per heavy atom. The molecule has 0 saturated carbocycles. The summed E-state index contributed by atoms with van der Waals surface area (Å²) in [5, 5.41) is 9.26. The van der Waals surface area contributed by atoms with E-state index in [1.807, 2.05) is 26.0 Å². The van der Waals surface area contributed by atoms with Gasteiger partial charge in [-0.05, 0) is 51.2 Å². The number of likely N-dealkylation sites (N-methyl/N-ethyl adjacent to an activating group) is 1. The molecular formula is C21H38ClN3O. The monoisotopic (exact) mass is 383 g/mol. The van der Waals surface area contributed by atoms with E-state index in [2.05, 4.69) is 28.7 Å². The van der Waals surface area contributed by atoms with E-state index in [1.165, 1.54) is 58.7 Å². The van der Waals surface area contributed by atoms with Crippen LogP contribution in [0.1, 0.15) is 39.2 Å². The Balaban J connectivity index is 0.000000263. The molecule has 2 aliphatic rings. The molecule has 0 bridgehead atoms. The Bertz CT molecular complexity index is 470. The fraction of sp³-hybridized carbons (Fsp3) is 0.714. The first kappa shape index (κ1) is 23.4. The van der Waals surface area contributed by atoms with Crippen LogP contribution in [0.25, 0.3) is 0 Å². The quantitative estimate of drug-likeness (QED) is 0.864. The van der Waals surface area contributed by atoms with Crippen molar-refractivity contribution in [1.82, 2.24) is 14.7 Å². The second-order valence-corrected chi connectivity index (χ2v) is 7.16. The van der Waals surface area contributed by atoms with Gasteiger partial charge in [0, 0.05) is 37.2 Å². The van der Waals surface area contributed by atoms with Gasteiger partial charge in [-0.2, -0.15) is 0 Å². The van der Waals surface area contributed by atoms with Crippen LogP contribution < -0.4 is 0 Å². The Hall–Kier alpha value is -0.650. The van der Waals surface area contributed by atoms with Gasteiger partial charge in [-0.25, -0.2) is 0 Å². The number of likely N-dealkylation sites (tertiary alicyclic amines) is 1. The molecule has 0 unspecified atom stereocenters. The molecule has 2 heterocycles. The van der Waals surface area contributed by atoms with Crippen LogP contribution in [0.4, 0.5) is 0 Å². The van der Waals surface area contributed by atoms with Gasteiger partial charge in [-0.1, -0.05) is 50.6 Å². The number of hydrogen-bond donors (Lipinski definition) is 1. The molecule has 150 valence electrons. The van der Waals surface area contributed by atoms with Crippen LogP contribution in [-0.2, 0) is 6.61 Å². The second-order valence-electron chi connectivity index (χ2n) is 6.75. The number of piperazine rings is 1. The average Bonchev–Trinajstić information content (AvgIpc) is 2.71. The standard InChI is InChI=1S/C12H25N3.C7H7ClO.C2H6/c1-3-14-8-10-15(11-9-14)12-4-6-13(2)7-5-12;8-7-4-2-1-3-6(7)5-9;1-2/h12H,3-11H2,1-2H3;1-4,9H,5H2;1-2H3. The van der Waals surface area contributed by atoms with E-state index in [-0.39, 0.29) is 6.61 Å². The summed E-state index contributed by atoms with van der Waals surface area (Å²) < 4.78 is 0. The Morgan fingerprint density at radius 3 is 2.04 bits per heavy atom. The molecule has 0 aliphatic carbocycles. The molecule has 0 atom stereocenters. The van der Waals surface area contributed by atoms with Crippen LogP contribution in [0.15, 0.2) is 24.3 Å². The van der Waals surface area contributed by atoms with Crippen molar-refractivity contribution in [2.45, 2.75) is 46.3 Å². The number of benzene rings is 1. The van der Waals surface area contributed by atoms with E-state index < -0.39 is 0 Å². The van der Waals surface area contributed by atoms with Crippen molar-refractivity contribution in [2.75, 3.05) is 52.9 Å². The Labute approximate surface area is 165 Å². The molecule has 0 radical (unpaired) electrons. The van der Waals surface area contributed by atoms with Crippen molar-refractivity contribution in [1.29, 1.82) is 0 Å². The van der Waals surface area contributed by atoms with Gasteiger partial charge in [0.2, 0.25) is 0 Å². The zero-order valence-electron chi connectivity index (χ0n) is 17.1. The number of aliphatic hydroxyl groups is 1. The topological polar surface area (TPSA) is 30.0 Å². The third-order valence-electron chi connectivity index (χ3n) is 5.19. The van der Waals surface area contributed by atoms with E-state index in [0.29, 0.717) is 5.02 Å². The lowest BCUT2D eigenvalue weighted by Gasteiger charge is -2.42. The number of aliphatic hydroxyl groups excluding tert-OH is 1. The smallest absolute Gasteiger partial charge is 0.0696 e. The molecule has 2 fully saturated rings. The molecular weight excluding hydrogens is 346 g/mol. The van der Waals surface area contributed by atoms with E-state index in [0.717, 1.165) is 11.6 Å². The molecule has 1 N–H and O–H groups in total. The maximum absolute atomic E-state index is 8.63. The van der Waals surface area contributed by atoms with Crippen LogP contribution in [0, 0.1) is 0 Å². The van der Waals surface area contributed by atoms with Crippen molar-refractivity contribution >= 4 is 11.6 Å². The first-order valence-electron chi connectivity index (χ1n) is 10.1. The van der Waals surface area contributed by atoms with Crippen LogP contribution in [0.5, 0.6) is 0 Å². The summed E-state index contributed by atoms with van der Waals surface area (Å²) in [6.45, 7) is 15.2. The summed E-state index contributed by atoms with van der Waals surface area (Å²) in [6, 6.07) is 8.11. The van der Waals surface area contributed by atoms with E-state index in [4.69, 9.17) is 16.7 Å². The summed E-state index contributed by atoms with van der Waals surface area (Å²) in [7, 11) is 2.24. The summed E-state index contributed by atoms with van der Waals surface area (Å²) in [6.07, 6.45) is 2.76. The summed E-state index contributed by atoms with van der Waals surface area (Å²) >= 11 is 5.66. The van der Waals surface area contributed by atoms with Crippen LogP contribution >= 0.6 is 11.6 Å². The minimum Gasteiger partial charge on any atom is -0.392 e. The molecule has 5 heteroatoms. The molecule has 0 aromatic heterocycles. The minimum absolute atomic E-state index is 0.0136. The number of halogens is 1. The maximum Gasteiger partial charge on any atom is 0.0696 e.